The van der Waals surface area contributed by atoms with Crippen LogP contribution in [0, 0.1) is 0 Å². The van der Waals surface area contributed by atoms with Gasteiger partial charge in [-0.15, -0.1) is 5.10 Å². The van der Waals surface area contributed by atoms with Gasteiger partial charge in [0.25, 0.3) is 0 Å². The highest BCUT2D eigenvalue weighted by molar-refractivity contribution is 4.95. The second kappa shape index (κ2) is 5.60. The van der Waals surface area contributed by atoms with Gasteiger partial charge in [0.1, 0.15) is 5.69 Å². The fraction of sp³-hybridized carbons (Fsp3) is 0.833. The zero-order chi connectivity index (χ0) is 12.3. The van der Waals surface area contributed by atoms with E-state index in [0.717, 1.165) is 13.0 Å². The van der Waals surface area contributed by atoms with Crippen molar-refractivity contribution in [1.82, 2.24) is 19.9 Å². The first-order valence-corrected chi connectivity index (χ1v) is 6.45. The molecule has 0 saturated carbocycles. The van der Waals surface area contributed by atoms with E-state index in [1.807, 2.05) is 10.9 Å². The Bertz CT molecular complexity index is 350. The molecule has 1 aromatic rings. The van der Waals surface area contributed by atoms with Crippen LogP contribution in [-0.2, 0) is 6.54 Å². The Morgan fingerprint density at radius 3 is 3.00 bits per heavy atom. The quantitative estimate of drug-likeness (QED) is 0.856. The molecular formula is C12H22N4O. The molecule has 1 aliphatic heterocycles. The number of nitrogens with zero attached hydrogens (tertiary/aromatic N) is 4. The molecule has 1 aliphatic rings. The van der Waals surface area contributed by atoms with Crippen molar-refractivity contribution in [3.63, 3.8) is 0 Å². The van der Waals surface area contributed by atoms with E-state index in [9.17, 15) is 5.11 Å². The van der Waals surface area contributed by atoms with Crippen molar-refractivity contribution in [2.75, 3.05) is 13.6 Å². The standard InChI is InChI=1S/C12H22N4O/c1-10(17)12-9-16(14-13-12)8-6-11-5-3-4-7-15(11)2/h9-11,17H,3-8H2,1-2H3. The topological polar surface area (TPSA) is 54.2 Å². The van der Waals surface area contributed by atoms with Gasteiger partial charge in [0.2, 0.25) is 0 Å². The number of likely N-dealkylation sites (tertiary alicyclic amines) is 1. The molecule has 5 heteroatoms. The maximum atomic E-state index is 9.37. The van der Waals surface area contributed by atoms with Crippen LogP contribution in [0.15, 0.2) is 6.20 Å². The van der Waals surface area contributed by atoms with E-state index in [2.05, 4.69) is 22.3 Å². The Hall–Kier alpha value is -0.940. The van der Waals surface area contributed by atoms with Crippen LogP contribution in [0.5, 0.6) is 0 Å². The Kier molecular flexibility index (Phi) is 4.12. The van der Waals surface area contributed by atoms with Crippen LogP contribution in [0.2, 0.25) is 0 Å². The third-order valence-electron chi connectivity index (χ3n) is 3.60. The maximum Gasteiger partial charge on any atom is 0.111 e. The summed E-state index contributed by atoms with van der Waals surface area (Å²) in [6.07, 6.45) is 6.37. The molecule has 1 N–H and O–H groups in total. The van der Waals surface area contributed by atoms with Crippen LogP contribution >= 0.6 is 0 Å². The third kappa shape index (κ3) is 3.26. The lowest BCUT2D eigenvalue weighted by Crippen LogP contribution is -2.36. The largest absolute Gasteiger partial charge is 0.387 e. The fourth-order valence-corrected chi connectivity index (χ4v) is 2.40. The van der Waals surface area contributed by atoms with Crippen LogP contribution in [0.1, 0.15) is 44.4 Å². The van der Waals surface area contributed by atoms with Crippen molar-refractivity contribution in [3.8, 4) is 0 Å². The van der Waals surface area contributed by atoms with E-state index >= 15 is 0 Å². The summed E-state index contributed by atoms with van der Waals surface area (Å²) in [6, 6.07) is 0.669. The van der Waals surface area contributed by atoms with Crippen molar-refractivity contribution < 1.29 is 5.11 Å². The normalized spacial score (nSPS) is 23.8. The van der Waals surface area contributed by atoms with Gasteiger partial charge in [0, 0.05) is 12.6 Å². The first-order chi connectivity index (χ1) is 8.16. The molecule has 5 nitrogen and oxygen atoms in total. The number of aryl methyl sites for hydroxylation is 1. The van der Waals surface area contributed by atoms with Crippen molar-refractivity contribution >= 4 is 0 Å². The highest BCUT2D eigenvalue weighted by Gasteiger charge is 2.18. The number of aliphatic hydroxyl groups excluding tert-OH is 1. The lowest BCUT2D eigenvalue weighted by atomic mass is 10.0. The lowest BCUT2D eigenvalue weighted by Gasteiger charge is -2.32. The first-order valence-electron chi connectivity index (χ1n) is 6.45. The van der Waals surface area contributed by atoms with Gasteiger partial charge < -0.3 is 10.0 Å². The molecule has 1 fully saturated rings. The number of aliphatic hydroxyl groups is 1. The summed E-state index contributed by atoms with van der Waals surface area (Å²) < 4.78 is 1.84. The molecule has 1 aromatic heterocycles. The molecule has 96 valence electrons. The predicted molar refractivity (Wildman–Crippen MR) is 65.5 cm³/mol. The number of hydrogen-bond acceptors (Lipinski definition) is 4. The summed E-state index contributed by atoms with van der Waals surface area (Å²) in [5.41, 5.74) is 0.655. The van der Waals surface area contributed by atoms with Gasteiger partial charge in [-0.1, -0.05) is 11.6 Å². The van der Waals surface area contributed by atoms with E-state index in [1.165, 1.54) is 25.8 Å². The van der Waals surface area contributed by atoms with E-state index < -0.39 is 6.10 Å². The summed E-state index contributed by atoms with van der Waals surface area (Å²) in [4.78, 5) is 2.44. The molecule has 2 unspecified atom stereocenters. The second-order valence-corrected chi connectivity index (χ2v) is 5.00. The first kappa shape index (κ1) is 12.5. The van der Waals surface area contributed by atoms with Gasteiger partial charge in [0.15, 0.2) is 0 Å². The predicted octanol–water partition coefficient (Wildman–Crippen LogP) is 1.21. The average molecular weight is 238 g/mol. The molecule has 2 rings (SSSR count). The van der Waals surface area contributed by atoms with E-state index in [-0.39, 0.29) is 0 Å². The summed E-state index contributed by atoms with van der Waals surface area (Å²) in [5.74, 6) is 0. The Balaban J connectivity index is 1.84. The molecule has 0 spiro atoms. The second-order valence-electron chi connectivity index (χ2n) is 5.00. The van der Waals surface area contributed by atoms with E-state index in [4.69, 9.17) is 0 Å². The number of hydrogen-bond donors (Lipinski definition) is 1. The zero-order valence-corrected chi connectivity index (χ0v) is 10.7. The molecule has 0 bridgehead atoms. The molecule has 0 aliphatic carbocycles. The van der Waals surface area contributed by atoms with Gasteiger partial charge in [-0.05, 0) is 39.8 Å². The lowest BCUT2D eigenvalue weighted by molar-refractivity contribution is 0.169. The molecular weight excluding hydrogens is 216 g/mol. The average Bonchev–Trinajstić information content (AvgIpc) is 2.77. The van der Waals surface area contributed by atoms with Gasteiger partial charge in [-0.2, -0.15) is 0 Å². The molecule has 2 atom stereocenters. The van der Waals surface area contributed by atoms with Crippen LogP contribution in [0.3, 0.4) is 0 Å². The summed E-state index contributed by atoms with van der Waals surface area (Å²) in [7, 11) is 2.20. The summed E-state index contributed by atoms with van der Waals surface area (Å²) in [5, 5.41) is 17.4. The fourth-order valence-electron chi connectivity index (χ4n) is 2.40. The third-order valence-corrected chi connectivity index (χ3v) is 3.60. The minimum atomic E-state index is -0.527. The number of aromatic nitrogens is 3. The molecule has 1 saturated heterocycles. The van der Waals surface area contributed by atoms with Gasteiger partial charge in [-0.25, -0.2) is 0 Å². The van der Waals surface area contributed by atoms with E-state index in [1.54, 1.807) is 6.92 Å². The van der Waals surface area contributed by atoms with Crippen molar-refractivity contribution in [2.45, 2.75) is 51.3 Å². The molecule has 0 radical (unpaired) electrons. The smallest absolute Gasteiger partial charge is 0.111 e. The Morgan fingerprint density at radius 2 is 2.35 bits per heavy atom. The van der Waals surface area contributed by atoms with Gasteiger partial charge in [-0.3, -0.25) is 4.68 Å². The summed E-state index contributed by atoms with van der Waals surface area (Å²) >= 11 is 0. The number of piperidine rings is 1. The van der Waals surface area contributed by atoms with Crippen molar-refractivity contribution in [1.29, 1.82) is 0 Å². The van der Waals surface area contributed by atoms with Crippen LogP contribution in [0.4, 0.5) is 0 Å². The SMILES string of the molecule is CC(O)c1cn(CCC2CCCCN2C)nn1. The Labute approximate surface area is 102 Å². The maximum absolute atomic E-state index is 9.37. The van der Waals surface area contributed by atoms with Crippen LogP contribution < -0.4 is 0 Å². The highest BCUT2D eigenvalue weighted by atomic mass is 16.3. The number of rotatable bonds is 4. The van der Waals surface area contributed by atoms with Crippen molar-refractivity contribution in [3.05, 3.63) is 11.9 Å². The van der Waals surface area contributed by atoms with E-state index in [0.29, 0.717) is 11.7 Å². The highest BCUT2D eigenvalue weighted by Crippen LogP contribution is 2.18. The molecule has 0 amide bonds. The van der Waals surface area contributed by atoms with Crippen LogP contribution in [-0.4, -0.2) is 44.6 Å². The summed E-state index contributed by atoms with van der Waals surface area (Å²) in [6.45, 7) is 3.80. The monoisotopic (exact) mass is 238 g/mol. The minimum absolute atomic E-state index is 0.527. The minimum Gasteiger partial charge on any atom is -0.387 e. The van der Waals surface area contributed by atoms with Gasteiger partial charge >= 0.3 is 0 Å². The van der Waals surface area contributed by atoms with Gasteiger partial charge in [0.05, 0.1) is 12.3 Å². The zero-order valence-electron chi connectivity index (χ0n) is 10.7. The van der Waals surface area contributed by atoms with Crippen molar-refractivity contribution in [2.24, 2.45) is 0 Å². The van der Waals surface area contributed by atoms with Crippen LogP contribution in [0.25, 0.3) is 0 Å². The molecule has 2 heterocycles. The molecule has 0 aromatic carbocycles. The molecule has 17 heavy (non-hydrogen) atoms. The Morgan fingerprint density at radius 1 is 1.53 bits per heavy atom.